The monoisotopic (exact) mass is 596 g/mol. The van der Waals surface area contributed by atoms with E-state index < -0.39 is 6.17 Å². The van der Waals surface area contributed by atoms with Crippen LogP contribution in [0.1, 0.15) is 95.2 Å². The fourth-order valence-electron chi connectivity index (χ4n) is 7.88. The molecule has 1 saturated heterocycles. The Hall–Kier alpha value is -3.48. The molecule has 1 unspecified atom stereocenters. The number of aromatic nitrogens is 2. The maximum absolute atomic E-state index is 14.6. The van der Waals surface area contributed by atoms with E-state index in [1.54, 1.807) is 6.92 Å². The van der Waals surface area contributed by atoms with Gasteiger partial charge in [-0.3, -0.25) is 4.99 Å². The van der Waals surface area contributed by atoms with Crippen LogP contribution in [0.3, 0.4) is 0 Å². The molecule has 0 amide bonds. The Balaban J connectivity index is 1.16. The molecule has 0 bridgehead atoms. The molecule has 0 radical (unpaired) electrons. The van der Waals surface area contributed by atoms with Gasteiger partial charge in [-0.1, -0.05) is 45.4 Å². The zero-order valence-corrected chi connectivity index (χ0v) is 27.3. The van der Waals surface area contributed by atoms with Crippen LogP contribution in [0, 0.1) is 23.7 Å². The molecule has 7 heteroatoms. The summed E-state index contributed by atoms with van der Waals surface area (Å²) in [6.07, 6.45) is 13.3. The van der Waals surface area contributed by atoms with Gasteiger partial charge in [-0.15, -0.1) is 0 Å². The number of aryl methyl sites for hydroxylation is 1. The molecular weight excluding hydrogens is 547 g/mol. The van der Waals surface area contributed by atoms with Gasteiger partial charge in [0.1, 0.15) is 6.17 Å². The highest BCUT2D eigenvalue weighted by Gasteiger charge is 2.66. The second kappa shape index (κ2) is 12.1. The molecule has 3 fully saturated rings. The molecule has 2 saturated carbocycles. The molecular formula is C37H49FN6. The van der Waals surface area contributed by atoms with Crippen molar-refractivity contribution in [2.24, 2.45) is 26.7 Å². The van der Waals surface area contributed by atoms with Gasteiger partial charge < -0.3 is 10.2 Å². The number of anilines is 2. The van der Waals surface area contributed by atoms with Crippen molar-refractivity contribution in [3.8, 4) is 0 Å². The van der Waals surface area contributed by atoms with E-state index in [-0.39, 0.29) is 5.41 Å². The predicted octanol–water partition coefficient (Wildman–Crippen LogP) is 8.89. The first kappa shape index (κ1) is 30.5. The molecule has 6 nitrogen and oxygen atoms in total. The Morgan fingerprint density at radius 2 is 1.93 bits per heavy atom. The van der Waals surface area contributed by atoms with Crippen LogP contribution >= 0.6 is 0 Å². The first-order valence-corrected chi connectivity index (χ1v) is 16.7. The second-order valence-corrected chi connectivity index (χ2v) is 13.8. The molecule has 3 aliphatic rings. The fraction of sp³-hybridized carbons (Fsp3) is 0.541. The van der Waals surface area contributed by atoms with Crippen LogP contribution in [0.15, 0.2) is 59.3 Å². The zero-order valence-electron chi connectivity index (χ0n) is 27.3. The molecule has 6 rings (SSSR count). The molecule has 1 spiro atoms. The lowest BCUT2D eigenvalue weighted by atomic mass is 9.46. The van der Waals surface area contributed by atoms with Crippen LogP contribution in [0.25, 0.3) is 11.2 Å². The van der Waals surface area contributed by atoms with Gasteiger partial charge in [-0.25, -0.2) is 13.9 Å². The highest BCUT2D eigenvalue weighted by Crippen LogP contribution is 2.69. The number of amidine groups is 1. The topological polar surface area (TPSA) is 57.3 Å². The number of unbranched alkanes of at least 4 members (excludes halogenated alkanes) is 2. The summed E-state index contributed by atoms with van der Waals surface area (Å²) in [6.45, 7) is 14.7. The Labute approximate surface area is 262 Å². The first-order valence-electron chi connectivity index (χ1n) is 16.7. The van der Waals surface area contributed by atoms with Crippen LogP contribution in [-0.2, 0) is 0 Å². The number of hydrogen-bond donors (Lipinski definition) is 1. The highest BCUT2D eigenvalue weighted by atomic mass is 19.1. The fourth-order valence-corrected chi connectivity index (χ4v) is 7.88. The Morgan fingerprint density at radius 3 is 2.59 bits per heavy atom. The number of hydrogen-bond acceptors (Lipinski definition) is 4. The van der Waals surface area contributed by atoms with Crippen molar-refractivity contribution in [1.29, 1.82) is 0 Å². The molecule has 3 heterocycles. The summed E-state index contributed by atoms with van der Waals surface area (Å²) >= 11 is 0. The van der Waals surface area contributed by atoms with E-state index in [2.05, 4.69) is 78.0 Å². The van der Waals surface area contributed by atoms with Gasteiger partial charge >= 0.3 is 0 Å². The average Bonchev–Trinajstić information content (AvgIpc) is 3.73. The molecule has 44 heavy (non-hydrogen) atoms. The Morgan fingerprint density at radius 1 is 1.16 bits per heavy atom. The maximum atomic E-state index is 14.6. The van der Waals surface area contributed by atoms with Crippen LogP contribution in [0.2, 0.25) is 0 Å². The third-order valence-corrected chi connectivity index (χ3v) is 10.6. The summed E-state index contributed by atoms with van der Waals surface area (Å²) in [6, 6.07) is 10.7. The molecule has 3 aromatic rings. The van der Waals surface area contributed by atoms with Crippen molar-refractivity contribution < 1.29 is 4.39 Å². The normalized spacial score (nSPS) is 20.0. The summed E-state index contributed by atoms with van der Waals surface area (Å²) in [5.41, 5.74) is 8.55. The molecule has 2 aromatic heterocycles. The number of rotatable bonds is 12. The number of fused-ring (bicyclic) bond motifs is 1. The van der Waals surface area contributed by atoms with Gasteiger partial charge in [-0.2, -0.15) is 5.10 Å². The van der Waals surface area contributed by atoms with Crippen molar-refractivity contribution in [1.82, 2.24) is 9.61 Å². The minimum absolute atomic E-state index is 0.0451. The standard InChI is InChI=1S/C37H49FN6/c1-7-9-10-11-30(8-2)42-35(39-6)28-13-12-25(3)33(18-28)41-26(4)32-20-40-44-17-16-31(19-34(32)44)43-23-36(24-43)21-37(22-36,27(5)38)29-14-15-29/h12-13,16-20,27,29,41H,4,7-11,14-15,21-24H2,1-3,5-6H3. The van der Waals surface area contributed by atoms with E-state index in [9.17, 15) is 4.39 Å². The Bertz CT molecular complexity index is 1570. The van der Waals surface area contributed by atoms with Crippen molar-refractivity contribution >= 4 is 34.1 Å². The smallest absolute Gasteiger partial charge is 0.154 e. The summed E-state index contributed by atoms with van der Waals surface area (Å²) in [5.74, 6) is 1.38. The van der Waals surface area contributed by atoms with Crippen LogP contribution < -0.4 is 10.2 Å². The Kier molecular flexibility index (Phi) is 8.42. The molecule has 1 aliphatic heterocycles. The van der Waals surface area contributed by atoms with E-state index >= 15 is 0 Å². The second-order valence-electron chi connectivity index (χ2n) is 13.8. The minimum Gasteiger partial charge on any atom is -0.370 e. The quantitative estimate of drug-likeness (QED) is 0.129. The molecule has 2 aliphatic carbocycles. The lowest BCUT2D eigenvalue weighted by Crippen LogP contribution is -2.68. The van der Waals surface area contributed by atoms with Crippen LogP contribution in [0.5, 0.6) is 0 Å². The van der Waals surface area contributed by atoms with Crippen molar-refractivity contribution in [3.63, 3.8) is 0 Å². The lowest BCUT2D eigenvalue weighted by Gasteiger charge is -2.66. The van der Waals surface area contributed by atoms with Gasteiger partial charge in [-0.05, 0) is 88.5 Å². The maximum Gasteiger partial charge on any atom is 0.154 e. The van der Waals surface area contributed by atoms with E-state index in [1.807, 2.05) is 24.0 Å². The third-order valence-electron chi connectivity index (χ3n) is 10.6. The van der Waals surface area contributed by atoms with E-state index in [1.165, 1.54) is 43.5 Å². The van der Waals surface area contributed by atoms with Gasteiger partial charge in [0.25, 0.3) is 0 Å². The summed E-state index contributed by atoms with van der Waals surface area (Å²) in [5, 5.41) is 8.20. The van der Waals surface area contributed by atoms with Crippen molar-refractivity contribution in [2.75, 3.05) is 30.4 Å². The molecule has 1 N–H and O–H groups in total. The van der Waals surface area contributed by atoms with Gasteiger partial charge in [0, 0.05) is 71.1 Å². The number of pyridine rings is 1. The zero-order chi connectivity index (χ0) is 31.1. The van der Waals surface area contributed by atoms with E-state index in [0.717, 1.165) is 78.2 Å². The largest absolute Gasteiger partial charge is 0.370 e. The predicted molar refractivity (Wildman–Crippen MR) is 183 cm³/mol. The van der Waals surface area contributed by atoms with E-state index in [4.69, 9.17) is 4.99 Å². The summed E-state index contributed by atoms with van der Waals surface area (Å²) < 4.78 is 16.5. The average molecular weight is 597 g/mol. The SMILES string of the molecule is C=C(Nc1cc(C(N=C(CC)CCCCC)=NC)ccc1C)c1cnn2ccc(N3CC4(C3)CC(C(C)F)(C3CC3)C4)cc12. The number of aliphatic imine (C=N–C) groups is 2. The van der Waals surface area contributed by atoms with Crippen LogP contribution in [-0.4, -0.2) is 47.5 Å². The van der Waals surface area contributed by atoms with Gasteiger partial charge in [0.15, 0.2) is 5.84 Å². The van der Waals surface area contributed by atoms with E-state index in [0.29, 0.717) is 11.3 Å². The van der Waals surface area contributed by atoms with Crippen molar-refractivity contribution in [2.45, 2.75) is 91.7 Å². The van der Waals surface area contributed by atoms with Crippen LogP contribution in [0.4, 0.5) is 15.8 Å². The molecule has 234 valence electrons. The summed E-state index contributed by atoms with van der Waals surface area (Å²) in [7, 11) is 1.82. The van der Waals surface area contributed by atoms with Gasteiger partial charge in [0.2, 0.25) is 0 Å². The lowest BCUT2D eigenvalue weighted by molar-refractivity contribution is -0.118. The number of alkyl halides is 1. The third kappa shape index (κ3) is 5.70. The number of benzene rings is 1. The molecule has 1 aromatic carbocycles. The van der Waals surface area contributed by atoms with Crippen molar-refractivity contribution in [3.05, 3.63) is 66.0 Å². The number of nitrogens with one attached hydrogen (secondary N) is 1. The molecule has 1 atom stereocenters. The number of nitrogens with zero attached hydrogens (tertiary/aromatic N) is 5. The number of halogens is 1. The van der Waals surface area contributed by atoms with Gasteiger partial charge in [0.05, 0.1) is 11.7 Å². The highest BCUT2D eigenvalue weighted by molar-refractivity contribution is 6.07. The minimum atomic E-state index is -0.693. The summed E-state index contributed by atoms with van der Waals surface area (Å²) in [4.78, 5) is 12.0. The first-order chi connectivity index (χ1) is 21.2.